The number of carboxylic acid groups (broad SMARTS) is 1. The van der Waals surface area contributed by atoms with Gasteiger partial charge in [-0.1, -0.05) is 18.2 Å². The number of carboxylic acids is 1. The Labute approximate surface area is 82.6 Å². The smallest absolute Gasteiger partial charge is 0.313 e. The third-order valence-corrected chi connectivity index (χ3v) is 2.26. The molecule has 0 aliphatic heterocycles. The molecule has 0 heterocycles. The zero-order chi connectivity index (χ0) is 10.8. The van der Waals surface area contributed by atoms with E-state index in [-0.39, 0.29) is 0 Å². The van der Waals surface area contributed by atoms with Crippen molar-refractivity contribution in [2.24, 2.45) is 0 Å². The fourth-order valence-corrected chi connectivity index (χ4v) is 1.24. The molecule has 1 aromatic rings. The van der Waals surface area contributed by atoms with Gasteiger partial charge < -0.3 is 5.11 Å². The molecule has 1 N–H and O–H groups in total. The van der Waals surface area contributed by atoms with E-state index in [0.717, 1.165) is 0 Å². The summed E-state index contributed by atoms with van der Waals surface area (Å²) in [6.07, 6.45) is 0. The highest BCUT2D eigenvalue weighted by Gasteiger charge is 2.31. The van der Waals surface area contributed by atoms with E-state index in [9.17, 15) is 4.79 Å². The fourth-order valence-electron chi connectivity index (χ4n) is 1.24. The predicted molar refractivity (Wildman–Crippen MR) is 51.8 cm³/mol. The minimum Gasteiger partial charge on any atom is -0.481 e. The number of aliphatic carboxylic acids is 1. The summed E-state index contributed by atoms with van der Waals surface area (Å²) in [7, 11) is 0. The van der Waals surface area contributed by atoms with E-state index in [0.29, 0.717) is 11.1 Å². The van der Waals surface area contributed by atoms with E-state index in [2.05, 4.69) is 0 Å². The van der Waals surface area contributed by atoms with Crippen LogP contribution in [0.4, 0.5) is 0 Å². The standard InChI is InChI=1S/C11H11NO2/c1-11(2,10(13)14)9-6-4-3-5-8(9)7-12/h3-6H,1-2H3,(H,13,14). The van der Waals surface area contributed by atoms with Crippen molar-refractivity contribution in [2.75, 3.05) is 0 Å². The third-order valence-electron chi connectivity index (χ3n) is 2.26. The molecule has 14 heavy (non-hydrogen) atoms. The molecule has 0 aliphatic rings. The summed E-state index contributed by atoms with van der Waals surface area (Å²) in [6.45, 7) is 3.18. The predicted octanol–water partition coefficient (Wildman–Crippen LogP) is 1.92. The molecule has 0 radical (unpaired) electrons. The average Bonchev–Trinajstić information content (AvgIpc) is 2.17. The number of rotatable bonds is 2. The summed E-state index contributed by atoms with van der Waals surface area (Å²) in [6, 6.07) is 8.75. The maximum absolute atomic E-state index is 11.0. The number of nitrogens with zero attached hydrogens (tertiary/aromatic N) is 1. The highest BCUT2D eigenvalue weighted by atomic mass is 16.4. The van der Waals surface area contributed by atoms with Crippen molar-refractivity contribution in [1.82, 2.24) is 0 Å². The topological polar surface area (TPSA) is 61.1 Å². The van der Waals surface area contributed by atoms with Crippen LogP contribution < -0.4 is 0 Å². The molecule has 3 nitrogen and oxygen atoms in total. The number of benzene rings is 1. The van der Waals surface area contributed by atoms with Gasteiger partial charge in [-0.3, -0.25) is 4.79 Å². The van der Waals surface area contributed by atoms with E-state index in [4.69, 9.17) is 10.4 Å². The van der Waals surface area contributed by atoms with Gasteiger partial charge in [0.25, 0.3) is 0 Å². The number of nitriles is 1. The quantitative estimate of drug-likeness (QED) is 0.773. The van der Waals surface area contributed by atoms with Crippen molar-refractivity contribution >= 4 is 5.97 Å². The zero-order valence-electron chi connectivity index (χ0n) is 8.11. The molecule has 0 atom stereocenters. The zero-order valence-corrected chi connectivity index (χ0v) is 8.11. The Morgan fingerprint density at radius 1 is 1.43 bits per heavy atom. The Morgan fingerprint density at radius 3 is 2.50 bits per heavy atom. The van der Waals surface area contributed by atoms with Gasteiger partial charge in [-0.25, -0.2) is 0 Å². The second-order valence-electron chi connectivity index (χ2n) is 3.59. The van der Waals surface area contributed by atoms with Crippen molar-refractivity contribution in [3.05, 3.63) is 35.4 Å². The largest absolute Gasteiger partial charge is 0.481 e. The summed E-state index contributed by atoms with van der Waals surface area (Å²) >= 11 is 0. The van der Waals surface area contributed by atoms with E-state index in [1.807, 2.05) is 6.07 Å². The van der Waals surface area contributed by atoms with Gasteiger partial charge in [0.05, 0.1) is 17.0 Å². The molecule has 0 amide bonds. The Bertz CT molecular complexity index is 402. The van der Waals surface area contributed by atoms with Crippen LogP contribution >= 0.6 is 0 Å². The van der Waals surface area contributed by atoms with E-state index in [1.54, 1.807) is 38.1 Å². The fraction of sp³-hybridized carbons (Fsp3) is 0.273. The lowest BCUT2D eigenvalue weighted by Gasteiger charge is -2.20. The van der Waals surface area contributed by atoms with Crippen molar-refractivity contribution in [3.63, 3.8) is 0 Å². The number of hydrogen-bond donors (Lipinski definition) is 1. The molecular weight excluding hydrogens is 178 g/mol. The van der Waals surface area contributed by atoms with E-state index in [1.165, 1.54) is 0 Å². The molecule has 72 valence electrons. The van der Waals surface area contributed by atoms with Gasteiger partial charge >= 0.3 is 5.97 Å². The van der Waals surface area contributed by atoms with Gasteiger partial charge in [-0.05, 0) is 25.5 Å². The monoisotopic (exact) mass is 189 g/mol. The Balaban J connectivity index is 3.33. The summed E-state index contributed by atoms with van der Waals surface area (Å²) in [5.41, 5.74) is -0.0540. The normalized spacial score (nSPS) is 10.6. The van der Waals surface area contributed by atoms with Crippen LogP contribution in [0.2, 0.25) is 0 Å². The second kappa shape index (κ2) is 3.51. The van der Waals surface area contributed by atoms with Gasteiger partial charge in [0, 0.05) is 0 Å². The molecule has 0 spiro atoms. The molecular formula is C11H11NO2. The first-order valence-electron chi connectivity index (χ1n) is 4.23. The van der Waals surface area contributed by atoms with Gasteiger partial charge in [-0.2, -0.15) is 5.26 Å². The first kappa shape index (κ1) is 10.3. The maximum Gasteiger partial charge on any atom is 0.313 e. The van der Waals surface area contributed by atoms with Crippen LogP contribution in [0.15, 0.2) is 24.3 Å². The molecule has 0 saturated heterocycles. The van der Waals surface area contributed by atoms with Crippen LogP contribution in [0.3, 0.4) is 0 Å². The minimum absolute atomic E-state index is 0.417. The Hall–Kier alpha value is -1.82. The lowest BCUT2D eigenvalue weighted by molar-refractivity contribution is -0.142. The molecule has 0 bridgehead atoms. The molecule has 0 saturated carbocycles. The van der Waals surface area contributed by atoms with Crippen molar-refractivity contribution in [3.8, 4) is 6.07 Å². The molecule has 1 rings (SSSR count). The Morgan fingerprint density at radius 2 is 2.00 bits per heavy atom. The van der Waals surface area contributed by atoms with E-state index < -0.39 is 11.4 Å². The van der Waals surface area contributed by atoms with E-state index >= 15 is 0 Å². The number of hydrogen-bond acceptors (Lipinski definition) is 2. The number of carbonyl (C=O) groups is 1. The lowest BCUT2D eigenvalue weighted by Crippen LogP contribution is -2.29. The summed E-state index contributed by atoms with van der Waals surface area (Å²) < 4.78 is 0. The van der Waals surface area contributed by atoms with Crippen LogP contribution in [-0.2, 0) is 10.2 Å². The lowest BCUT2D eigenvalue weighted by atomic mass is 9.82. The highest BCUT2D eigenvalue weighted by molar-refractivity contribution is 5.81. The van der Waals surface area contributed by atoms with Crippen LogP contribution in [0, 0.1) is 11.3 Å². The SMILES string of the molecule is CC(C)(C(=O)O)c1ccccc1C#N. The molecule has 3 heteroatoms. The highest BCUT2D eigenvalue weighted by Crippen LogP contribution is 2.26. The van der Waals surface area contributed by atoms with Gasteiger partial charge in [0.15, 0.2) is 0 Å². The first-order chi connectivity index (χ1) is 6.50. The van der Waals surface area contributed by atoms with Crippen LogP contribution in [0.1, 0.15) is 25.0 Å². The Kier molecular flexibility index (Phi) is 2.57. The van der Waals surface area contributed by atoms with Gasteiger partial charge in [0.2, 0.25) is 0 Å². The average molecular weight is 189 g/mol. The first-order valence-corrected chi connectivity index (χ1v) is 4.23. The van der Waals surface area contributed by atoms with Crippen LogP contribution in [-0.4, -0.2) is 11.1 Å². The second-order valence-corrected chi connectivity index (χ2v) is 3.59. The molecule has 0 aliphatic carbocycles. The van der Waals surface area contributed by atoms with Crippen LogP contribution in [0.5, 0.6) is 0 Å². The molecule has 0 unspecified atom stereocenters. The van der Waals surface area contributed by atoms with Crippen molar-refractivity contribution < 1.29 is 9.90 Å². The maximum atomic E-state index is 11.0. The minimum atomic E-state index is -1.02. The summed E-state index contributed by atoms with van der Waals surface area (Å²) in [4.78, 5) is 11.0. The molecule has 0 fully saturated rings. The van der Waals surface area contributed by atoms with Crippen LogP contribution in [0.25, 0.3) is 0 Å². The molecule has 0 aromatic heterocycles. The van der Waals surface area contributed by atoms with Crippen molar-refractivity contribution in [2.45, 2.75) is 19.3 Å². The summed E-state index contributed by atoms with van der Waals surface area (Å²) in [5, 5.41) is 17.8. The summed E-state index contributed by atoms with van der Waals surface area (Å²) in [5.74, 6) is -0.930. The van der Waals surface area contributed by atoms with Gasteiger partial charge in [-0.15, -0.1) is 0 Å². The third kappa shape index (κ3) is 1.60. The molecule has 1 aromatic carbocycles. The van der Waals surface area contributed by atoms with Crippen molar-refractivity contribution in [1.29, 1.82) is 5.26 Å². The van der Waals surface area contributed by atoms with Gasteiger partial charge in [0.1, 0.15) is 0 Å².